The van der Waals surface area contributed by atoms with Crippen molar-refractivity contribution < 1.29 is 0 Å². The number of nitrogens with one attached hydrogen (secondary N) is 1. The zero-order chi connectivity index (χ0) is 23.1. The molecule has 0 radical (unpaired) electrons. The Kier molecular flexibility index (Phi) is 4.79. The normalized spacial score (nSPS) is 13.7. The van der Waals surface area contributed by atoms with Gasteiger partial charge in [0.1, 0.15) is 0 Å². The molecule has 0 atom stereocenters. The molecule has 4 nitrogen and oxygen atoms in total. The Labute approximate surface area is 198 Å². The van der Waals surface area contributed by atoms with E-state index in [4.69, 9.17) is 5.84 Å². The average molecular weight is 441 g/mol. The van der Waals surface area contributed by atoms with Crippen LogP contribution >= 0.6 is 0 Å². The van der Waals surface area contributed by atoms with Gasteiger partial charge in [0.25, 0.3) is 0 Å². The number of aromatic nitrogens is 1. The topological polar surface area (TPSA) is 46.2 Å². The molecule has 0 bridgehead atoms. The van der Waals surface area contributed by atoms with Crippen LogP contribution in [-0.4, -0.2) is 4.57 Å². The largest absolute Gasteiger partial charge is 0.324 e. The quantitative estimate of drug-likeness (QED) is 0.232. The maximum absolute atomic E-state index is 5.73. The van der Waals surface area contributed by atoms with Gasteiger partial charge in [0.05, 0.1) is 22.6 Å². The Balaban J connectivity index is 1.69. The van der Waals surface area contributed by atoms with E-state index in [-0.39, 0.29) is 0 Å². The predicted octanol–water partition coefficient (Wildman–Crippen LogP) is 7.10. The van der Waals surface area contributed by atoms with Gasteiger partial charge in [-0.1, -0.05) is 67.2 Å². The zero-order valence-corrected chi connectivity index (χ0v) is 18.6. The minimum atomic E-state index is 0.855. The lowest BCUT2D eigenvalue weighted by molar-refractivity contribution is 1.10. The summed E-state index contributed by atoms with van der Waals surface area (Å²) in [6.45, 7) is 4.61. The van der Waals surface area contributed by atoms with E-state index in [9.17, 15) is 0 Å². The number of hydrazine groups is 1. The van der Waals surface area contributed by atoms with Gasteiger partial charge in [0, 0.05) is 34.1 Å². The molecule has 0 unspecified atom stereocenters. The van der Waals surface area contributed by atoms with Crippen molar-refractivity contribution in [1.82, 2.24) is 4.57 Å². The van der Waals surface area contributed by atoms with Crippen molar-refractivity contribution in [2.75, 3.05) is 10.3 Å². The molecule has 164 valence electrons. The Morgan fingerprint density at radius 3 is 2.32 bits per heavy atom. The summed E-state index contributed by atoms with van der Waals surface area (Å²) >= 11 is 0. The molecular weight excluding hydrogens is 416 g/mol. The number of anilines is 3. The van der Waals surface area contributed by atoms with Gasteiger partial charge in [0.2, 0.25) is 0 Å². The Morgan fingerprint density at radius 1 is 0.735 bits per heavy atom. The molecule has 4 heteroatoms. The molecule has 0 saturated carbocycles. The van der Waals surface area contributed by atoms with Gasteiger partial charge in [-0.05, 0) is 54.1 Å². The van der Waals surface area contributed by atoms with E-state index in [2.05, 4.69) is 119 Å². The van der Waals surface area contributed by atoms with Gasteiger partial charge in [-0.2, -0.15) is 0 Å². The van der Waals surface area contributed by atoms with Gasteiger partial charge in [-0.3, -0.25) is 5.84 Å². The molecule has 0 aliphatic carbocycles. The summed E-state index contributed by atoms with van der Waals surface area (Å²) in [5.41, 5.74) is 12.3. The van der Waals surface area contributed by atoms with Crippen molar-refractivity contribution in [1.29, 1.82) is 0 Å². The number of para-hydroxylation sites is 3. The van der Waals surface area contributed by atoms with E-state index in [0.29, 0.717) is 0 Å². The van der Waals surface area contributed by atoms with E-state index in [0.717, 1.165) is 50.7 Å². The summed E-state index contributed by atoms with van der Waals surface area (Å²) in [6.07, 6.45) is 4.34. The van der Waals surface area contributed by atoms with Crippen LogP contribution in [0.4, 0.5) is 17.1 Å². The minimum absolute atomic E-state index is 0.855. The van der Waals surface area contributed by atoms with Crippen LogP contribution in [0.25, 0.3) is 28.2 Å². The van der Waals surface area contributed by atoms with Gasteiger partial charge in [-0.25, -0.2) is 0 Å². The monoisotopic (exact) mass is 440 g/mol. The van der Waals surface area contributed by atoms with E-state index in [1.165, 1.54) is 5.39 Å². The standard InChI is InChI=1S/C30H24N4/c1-21-25-14-5-7-16-27(25)33(23-11-3-2-4-12-23)19-18-29-30(21)26-15-6-8-17-28(26)34(29)24-13-9-10-22(20-24)32-31/h2-20,32H,1,31H2/b19-18-. The predicted molar refractivity (Wildman–Crippen MR) is 143 cm³/mol. The third kappa shape index (κ3) is 3.12. The molecule has 0 fully saturated rings. The van der Waals surface area contributed by atoms with Crippen LogP contribution in [-0.2, 0) is 0 Å². The molecular formula is C30H24N4. The summed E-state index contributed by atoms with van der Waals surface area (Å²) in [7, 11) is 0. The highest BCUT2D eigenvalue weighted by Crippen LogP contribution is 2.43. The molecule has 0 amide bonds. The van der Waals surface area contributed by atoms with Gasteiger partial charge < -0.3 is 14.9 Å². The molecule has 0 saturated heterocycles. The van der Waals surface area contributed by atoms with Crippen LogP contribution in [0.5, 0.6) is 0 Å². The molecule has 34 heavy (non-hydrogen) atoms. The van der Waals surface area contributed by atoms with Crippen LogP contribution < -0.4 is 16.2 Å². The molecule has 4 aromatic carbocycles. The first-order chi connectivity index (χ1) is 16.8. The van der Waals surface area contributed by atoms with Gasteiger partial charge in [0.15, 0.2) is 0 Å². The van der Waals surface area contributed by atoms with Crippen LogP contribution in [0.2, 0.25) is 0 Å². The fourth-order valence-corrected chi connectivity index (χ4v) is 4.86. The first kappa shape index (κ1) is 20.1. The van der Waals surface area contributed by atoms with Crippen molar-refractivity contribution >= 4 is 39.6 Å². The number of hydrogen-bond acceptors (Lipinski definition) is 3. The summed E-state index contributed by atoms with van der Waals surface area (Å²) in [6, 6.07) is 35.5. The van der Waals surface area contributed by atoms with E-state index in [1.807, 2.05) is 18.2 Å². The van der Waals surface area contributed by atoms with Crippen molar-refractivity contribution in [2.45, 2.75) is 0 Å². The van der Waals surface area contributed by atoms with Crippen LogP contribution in [0, 0.1) is 0 Å². The maximum atomic E-state index is 5.73. The molecule has 3 N–H and O–H groups in total. The highest BCUT2D eigenvalue weighted by Gasteiger charge is 2.24. The number of rotatable bonds is 3. The second-order valence-electron chi connectivity index (χ2n) is 8.32. The number of nitrogens with two attached hydrogens (primary N) is 1. The molecule has 6 rings (SSSR count). The van der Waals surface area contributed by atoms with E-state index >= 15 is 0 Å². The van der Waals surface area contributed by atoms with E-state index < -0.39 is 0 Å². The SMILES string of the molecule is C=C1c2ccccc2N(c2ccccc2)/C=C\c2c1c1ccccc1n2-c1cccc(NN)c1. The molecule has 1 aliphatic rings. The number of nitrogen functional groups attached to an aromatic ring is 1. The summed E-state index contributed by atoms with van der Waals surface area (Å²) in [5.74, 6) is 5.73. The first-order valence-electron chi connectivity index (χ1n) is 11.3. The third-order valence-corrected chi connectivity index (χ3v) is 6.39. The Morgan fingerprint density at radius 2 is 1.47 bits per heavy atom. The van der Waals surface area contributed by atoms with Crippen molar-refractivity contribution in [2.24, 2.45) is 5.84 Å². The highest BCUT2D eigenvalue weighted by molar-refractivity contribution is 6.04. The van der Waals surface area contributed by atoms with E-state index in [1.54, 1.807) is 0 Å². The second-order valence-corrected chi connectivity index (χ2v) is 8.32. The van der Waals surface area contributed by atoms with Crippen LogP contribution in [0.1, 0.15) is 16.8 Å². The lowest BCUT2D eigenvalue weighted by atomic mass is 9.93. The number of nitrogens with zero attached hydrogens (tertiary/aromatic N) is 2. The van der Waals surface area contributed by atoms with Crippen LogP contribution in [0.3, 0.4) is 0 Å². The first-order valence-corrected chi connectivity index (χ1v) is 11.3. The third-order valence-electron chi connectivity index (χ3n) is 6.39. The fraction of sp³-hybridized carbons (Fsp3) is 0. The Hall–Kier alpha value is -4.54. The van der Waals surface area contributed by atoms with Gasteiger partial charge in [-0.15, -0.1) is 0 Å². The average Bonchev–Trinajstić information content (AvgIpc) is 3.22. The molecule has 2 heterocycles. The molecule has 5 aromatic rings. The number of benzene rings is 4. The zero-order valence-electron chi connectivity index (χ0n) is 18.6. The van der Waals surface area contributed by atoms with Crippen molar-refractivity contribution in [3.05, 3.63) is 133 Å². The van der Waals surface area contributed by atoms with Crippen LogP contribution in [0.15, 0.2) is 116 Å². The minimum Gasteiger partial charge on any atom is -0.324 e. The highest BCUT2D eigenvalue weighted by atomic mass is 15.2. The van der Waals surface area contributed by atoms with Crippen molar-refractivity contribution in [3.63, 3.8) is 0 Å². The molecule has 1 aromatic heterocycles. The summed E-state index contributed by atoms with van der Waals surface area (Å²) in [4.78, 5) is 2.23. The summed E-state index contributed by atoms with van der Waals surface area (Å²) in [5, 5.41) is 1.17. The molecule has 1 aliphatic heterocycles. The van der Waals surface area contributed by atoms with Gasteiger partial charge >= 0.3 is 0 Å². The fourth-order valence-electron chi connectivity index (χ4n) is 4.86. The lowest BCUT2D eigenvalue weighted by Crippen LogP contribution is -2.13. The molecule has 0 spiro atoms. The smallest absolute Gasteiger partial charge is 0.0561 e. The number of hydrogen-bond donors (Lipinski definition) is 2. The maximum Gasteiger partial charge on any atom is 0.0561 e. The van der Waals surface area contributed by atoms with Crippen molar-refractivity contribution in [3.8, 4) is 5.69 Å². The second kappa shape index (κ2) is 8.10. The lowest BCUT2D eigenvalue weighted by Gasteiger charge is -2.26. The Bertz CT molecular complexity index is 1560. The summed E-state index contributed by atoms with van der Waals surface area (Å²) < 4.78 is 2.28. The number of fused-ring (bicyclic) bond motifs is 4.